The molecule has 0 saturated carbocycles. The van der Waals surface area contributed by atoms with Crippen molar-refractivity contribution in [1.29, 1.82) is 0 Å². The van der Waals surface area contributed by atoms with Crippen molar-refractivity contribution in [3.8, 4) is 0 Å². The maximum Gasteiger partial charge on any atom is 0.232 e. The summed E-state index contributed by atoms with van der Waals surface area (Å²) in [5.74, 6) is -0.0298. The van der Waals surface area contributed by atoms with Gasteiger partial charge < -0.3 is 0 Å². The van der Waals surface area contributed by atoms with Crippen molar-refractivity contribution in [3.63, 3.8) is 0 Å². The Labute approximate surface area is 82.2 Å². The standard InChI is InChI=1S/C8H10ClNO2S/c1-7-6-8(2-4-10-7)3-5-13(9,11)12/h2,4,6H,3,5H2,1H3. The third kappa shape index (κ3) is 4.24. The van der Waals surface area contributed by atoms with Crippen LogP contribution in [0.5, 0.6) is 0 Å². The fourth-order valence-electron chi connectivity index (χ4n) is 1.000. The van der Waals surface area contributed by atoms with E-state index in [0.717, 1.165) is 11.3 Å². The molecule has 5 heteroatoms. The second kappa shape index (κ2) is 4.07. The lowest BCUT2D eigenvalue weighted by Crippen LogP contribution is -2.01. The first-order valence-corrected chi connectivity index (χ1v) is 6.29. The lowest BCUT2D eigenvalue weighted by atomic mass is 10.2. The van der Waals surface area contributed by atoms with Gasteiger partial charge in [-0.3, -0.25) is 4.98 Å². The zero-order valence-corrected chi connectivity index (χ0v) is 8.77. The van der Waals surface area contributed by atoms with Gasteiger partial charge in [0.1, 0.15) is 0 Å². The summed E-state index contributed by atoms with van der Waals surface area (Å²) in [5.41, 5.74) is 1.82. The first-order valence-electron chi connectivity index (χ1n) is 3.81. The van der Waals surface area contributed by atoms with Gasteiger partial charge in [-0.1, -0.05) is 0 Å². The van der Waals surface area contributed by atoms with E-state index in [0.29, 0.717) is 6.42 Å². The molecule has 1 aromatic heterocycles. The lowest BCUT2D eigenvalue weighted by Gasteiger charge is -1.99. The van der Waals surface area contributed by atoms with E-state index in [1.165, 1.54) is 0 Å². The molecule has 0 aliphatic heterocycles. The van der Waals surface area contributed by atoms with Crippen molar-refractivity contribution in [2.24, 2.45) is 0 Å². The average Bonchev–Trinajstić information content (AvgIpc) is 2.00. The van der Waals surface area contributed by atoms with Crippen LogP contribution in [0.1, 0.15) is 11.3 Å². The number of pyridine rings is 1. The van der Waals surface area contributed by atoms with E-state index in [1.54, 1.807) is 12.3 Å². The molecule has 0 aliphatic carbocycles. The summed E-state index contributed by atoms with van der Waals surface area (Å²) in [5, 5.41) is 0. The second-order valence-electron chi connectivity index (χ2n) is 2.80. The van der Waals surface area contributed by atoms with Crippen molar-refractivity contribution in [3.05, 3.63) is 29.6 Å². The Morgan fingerprint density at radius 3 is 2.77 bits per heavy atom. The van der Waals surface area contributed by atoms with E-state index in [-0.39, 0.29) is 5.75 Å². The summed E-state index contributed by atoms with van der Waals surface area (Å²) in [6.45, 7) is 1.86. The molecule has 0 unspecified atom stereocenters. The summed E-state index contributed by atoms with van der Waals surface area (Å²) < 4.78 is 21.3. The number of halogens is 1. The minimum Gasteiger partial charge on any atom is -0.262 e. The number of hydrogen-bond donors (Lipinski definition) is 0. The molecule has 0 fully saturated rings. The van der Waals surface area contributed by atoms with Crippen LogP contribution in [0.2, 0.25) is 0 Å². The highest BCUT2D eigenvalue weighted by Crippen LogP contribution is 2.05. The molecule has 0 atom stereocenters. The molecule has 0 aliphatic rings. The normalized spacial score (nSPS) is 11.5. The summed E-state index contributed by atoms with van der Waals surface area (Å²) in [4.78, 5) is 4.00. The van der Waals surface area contributed by atoms with Gasteiger partial charge >= 0.3 is 0 Å². The third-order valence-corrected chi connectivity index (χ3v) is 2.75. The molecule has 1 rings (SSSR count). The first-order chi connectivity index (χ1) is 5.97. The van der Waals surface area contributed by atoms with E-state index < -0.39 is 9.05 Å². The minimum atomic E-state index is -3.38. The van der Waals surface area contributed by atoms with Gasteiger partial charge in [-0.25, -0.2) is 8.42 Å². The van der Waals surface area contributed by atoms with Crippen LogP contribution in [0.4, 0.5) is 0 Å². The predicted molar refractivity (Wildman–Crippen MR) is 52.3 cm³/mol. The van der Waals surface area contributed by atoms with Gasteiger partial charge in [0.2, 0.25) is 9.05 Å². The largest absolute Gasteiger partial charge is 0.262 e. The van der Waals surface area contributed by atoms with Crippen LogP contribution >= 0.6 is 10.7 Å². The Hall–Kier alpha value is -0.610. The van der Waals surface area contributed by atoms with E-state index in [2.05, 4.69) is 4.98 Å². The van der Waals surface area contributed by atoms with Crippen LogP contribution in [-0.4, -0.2) is 19.2 Å². The summed E-state index contributed by atoms with van der Waals surface area (Å²) >= 11 is 0. The summed E-state index contributed by atoms with van der Waals surface area (Å²) in [7, 11) is 1.70. The smallest absolute Gasteiger partial charge is 0.232 e. The number of nitrogens with zero attached hydrogens (tertiary/aromatic N) is 1. The fourth-order valence-corrected chi connectivity index (χ4v) is 1.71. The minimum absolute atomic E-state index is 0.0298. The number of aromatic nitrogens is 1. The van der Waals surface area contributed by atoms with E-state index in [4.69, 9.17) is 10.7 Å². The molecule has 3 nitrogen and oxygen atoms in total. The molecular formula is C8H10ClNO2S. The quantitative estimate of drug-likeness (QED) is 0.724. The Morgan fingerprint density at radius 2 is 2.23 bits per heavy atom. The van der Waals surface area contributed by atoms with Crippen LogP contribution in [0.3, 0.4) is 0 Å². The first kappa shape index (κ1) is 10.5. The van der Waals surface area contributed by atoms with Gasteiger partial charge in [-0.15, -0.1) is 0 Å². The predicted octanol–water partition coefficient (Wildman–Crippen LogP) is 1.50. The molecule has 0 N–H and O–H groups in total. The SMILES string of the molecule is Cc1cc(CCS(=O)(=O)Cl)ccn1. The highest BCUT2D eigenvalue weighted by Gasteiger charge is 2.05. The van der Waals surface area contributed by atoms with Crippen molar-refractivity contribution in [1.82, 2.24) is 4.98 Å². The average molecular weight is 220 g/mol. The molecule has 0 amide bonds. The molecule has 13 heavy (non-hydrogen) atoms. The van der Waals surface area contributed by atoms with Crippen LogP contribution in [0.25, 0.3) is 0 Å². The number of aryl methyl sites for hydroxylation is 2. The van der Waals surface area contributed by atoms with E-state index >= 15 is 0 Å². The highest BCUT2D eigenvalue weighted by molar-refractivity contribution is 8.13. The zero-order chi connectivity index (χ0) is 9.90. The van der Waals surface area contributed by atoms with Crippen molar-refractivity contribution < 1.29 is 8.42 Å². The van der Waals surface area contributed by atoms with Crippen molar-refractivity contribution in [2.45, 2.75) is 13.3 Å². The van der Waals surface area contributed by atoms with Gasteiger partial charge in [-0.05, 0) is 31.0 Å². The van der Waals surface area contributed by atoms with Gasteiger partial charge in [0.05, 0.1) is 5.75 Å². The fraction of sp³-hybridized carbons (Fsp3) is 0.375. The topological polar surface area (TPSA) is 47.0 Å². The van der Waals surface area contributed by atoms with Gasteiger partial charge in [0.15, 0.2) is 0 Å². The molecular weight excluding hydrogens is 210 g/mol. The lowest BCUT2D eigenvalue weighted by molar-refractivity contribution is 0.609. The molecule has 0 spiro atoms. The van der Waals surface area contributed by atoms with Crippen LogP contribution < -0.4 is 0 Å². The monoisotopic (exact) mass is 219 g/mol. The van der Waals surface area contributed by atoms with Gasteiger partial charge in [0.25, 0.3) is 0 Å². The maximum absolute atomic E-state index is 10.6. The van der Waals surface area contributed by atoms with Crippen molar-refractivity contribution in [2.75, 3.05) is 5.75 Å². The third-order valence-electron chi connectivity index (χ3n) is 1.60. The number of rotatable bonds is 3. The molecule has 0 bridgehead atoms. The van der Waals surface area contributed by atoms with Crippen LogP contribution in [0, 0.1) is 6.92 Å². The Kier molecular flexibility index (Phi) is 3.27. The van der Waals surface area contributed by atoms with Gasteiger partial charge in [0, 0.05) is 22.6 Å². The molecule has 0 radical (unpaired) electrons. The van der Waals surface area contributed by atoms with Crippen LogP contribution in [-0.2, 0) is 15.5 Å². The molecule has 1 heterocycles. The zero-order valence-electron chi connectivity index (χ0n) is 7.20. The van der Waals surface area contributed by atoms with E-state index in [9.17, 15) is 8.42 Å². The maximum atomic E-state index is 10.6. The second-order valence-corrected chi connectivity index (χ2v) is 5.69. The van der Waals surface area contributed by atoms with Crippen LogP contribution in [0.15, 0.2) is 18.3 Å². The Morgan fingerprint density at radius 1 is 1.54 bits per heavy atom. The van der Waals surface area contributed by atoms with Crippen molar-refractivity contribution >= 4 is 19.7 Å². The molecule has 0 saturated heterocycles. The molecule has 72 valence electrons. The van der Waals surface area contributed by atoms with E-state index in [1.807, 2.05) is 13.0 Å². The number of hydrogen-bond acceptors (Lipinski definition) is 3. The highest BCUT2D eigenvalue weighted by atomic mass is 35.7. The summed E-state index contributed by atoms with van der Waals surface area (Å²) in [6, 6.07) is 3.64. The molecule has 1 aromatic rings. The Bertz CT molecular complexity index is 389. The van der Waals surface area contributed by atoms with Gasteiger partial charge in [-0.2, -0.15) is 0 Å². The Balaban J connectivity index is 2.65. The molecule has 0 aromatic carbocycles. The summed E-state index contributed by atoms with van der Waals surface area (Å²) in [6.07, 6.45) is 2.10.